The van der Waals surface area contributed by atoms with Crippen molar-refractivity contribution >= 4 is 44.9 Å². The van der Waals surface area contributed by atoms with Crippen LogP contribution < -0.4 is 9.80 Å². The van der Waals surface area contributed by atoms with Gasteiger partial charge in [0.1, 0.15) is 0 Å². The molecule has 0 radical (unpaired) electrons. The fraction of sp³-hybridized carbons (Fsp3) is 0.115. The summed E-state index contributed by atoms with van der Waals surface area (Å²) in [6, 6.07) is 67.2. The summed E-state index contributed by atoms with van der Waals surface area (Å²) in [5, 5.41) is 2.41. The Bertz CT molecular complexity index is 2720. The first-order chi connectivity index (χ1) is 26.3. The predicted molar refractivity (Wildman–Crippen MR) is 228 cm³/mol. The van der Waals surface area contributed by atoms with E-state index >= 15 is 0 Å². The number of benzene rings is 8. The maximum absolute atomic E-state index is 2.55. The number of anilines is 6. The molecule has 0 spiro atoms. The van der Waals surface area contributed by atoms with E-state index in [1.165, 1.54) is 66.7 Å². The number of fused-ring (bicyclic) bond motifs is 6. The van der Waals surface area contributed by atoms with Crippen LogP contribution >= 0.6 is 0 Å². The summed E-state index contributed by atoms with van der Waals surface area (Å²) >= 11 is 0. The van der Waals surface area contributed by atoms with Gasteiger partial charge >= 0.3 is 0 Å². The van der Waals surface area contributed by atoms with Gasteiger partial charge < -0.3 is 9.80 Å². The summed E-state index contributed by atoms with van der Waals surface area (Å²) < 4.78 is 0. The normalized spacial score (nSPS) is 14.6. The highest BCUT2D eigenvalue weighted by Crippen LogP contribution is 2.57. The molecular formula is C52H42N2. The van der Waals surface area contributed by atoms with E-state index in [4.69, 9.17) is 0 Å². The Hall–Kier alpha value is -6.38. The minimum atomic E-state index is -0.225. The van der Waals surface area contributed by atoms with E-state index in [1.807, 2.05) is 0 Å². The largest absolute Gasteiger partial charge is 0.308 e. The van der Waals surface area contributed by atoms with E-state index in [0.29, 0.717) is 0 Å². The maximum Gasteiger partial charge on any atom is 0.0781 e. The third-order valence-corrected chi connectivity index (χ3v) is 12.0. The van der Waals surface area contributed by atoms with Gasteiger partial charge in [-0.15, -0.1) is 0 Å². The maximum atomic E-state index is 2.55. The van der Waals surface area contributed by atoms with Crippen LogP contribution in [0.3, 0.4) is 0 Å². The van der Waals surface area contributed by atoms with Crippen LogP contribution in [0.15, 0.2) is 182 Å². The van der Waals surface area contributed by atoms with Crippen molar-refractivity contribution in [2.75, 3.05) is 9.80 Å². The fourth-order valence-corrected chi connectivity index (χ4v) is 9.25. The van der Waals surface area contributed by atoms with Crippen LogP contribution in [0.1, 0.15) is 49.9 Å². The molecule has 1 heterocycles. The van der Waals surface area contributed by atoms with Crippen LogP contribution in [0.25, 0.3) is 33.0 Å². The zero-order chi connectivity index (χ0) is 36.6. The molecular weight excluding hydrogens is 653 g/mol. The summed E-state index contributed by atoms with van der Waals surface area (Å²) in [5.74, 6) is 0. The van der Waals surface area contributed by atoms with E-state index in [0.717, 1.165) is 22.7 Å². The molecule has 0 saturated carbocycles. The second-order valence-corrected chi connectivity index (χ2v) is 15.8. The average Bonchev–Trinajstić information content (AvgIpc) is 3.44. The van der Waals surface area contributed by atoms with Gasteiger partial charge in [0.15, 0.2) is 0 Å². The topological polar surface area (TPSA) is 6.48 Å². The van der Waals surface area contributed by atoms with Gasteiger partial charge in [-0.25, -0.2) is 0 Å². The lowest BCUT2D eigenvalue weighted by atomic mass is 9.72. The Morgan fingerprint density at radius 3 is 1.85 bits per heavy atom. The van der Waals surface area contributed by atoms with E-state index < -0.39 is 0 Å². The molecule has 2 heteroatoms. The summed E-state index contributed by atoms with van der Waals surface area (Å²) in [7, 11) is 0. The van der Waals surface area contributed by atoms with Crippen LogP contribution in [-0.4, -0.2) is 0 Å². The lowest BCUT2D eigenvalue weighted by molar-refractivity contribution is 0.632. The van der Waals surface area contributed by atoms with Crippen molar-refractivity contribution in [3.05, 3.63) is 204 Å². The second-order valence-electron chi connectivity index (χ2n) is 15.8. The highest BCUT2D eigenvalue weighted by molar-refractivity contribution is 6.08. The monoisotopic (exact) mass is 694 g/mol. The minimum absolute atomic E-state index is 0.122. The lowest BCUT2D eigenvalue weighted by Gasteiger charge is -2.44. The molecule has 0 fully saturated rings. The molecule has 0 bridgehead atoms. The smallest absolute Gasteiger partial charge is 0.0781 e. The number of hydrogen-bond donors (Lipinski definition) is 0. The fourth-order valence-electron chi connectivity index (χ4n) is 9.25. The molecule has 0 saturated heterocycles. The van der Waals surface area contributed by atoms with E-state index in [2.05, 4.69) is 219 Å². The third kappa shape index (κ3) is 4.80. The van der Waals surface area contributed by atoms with Gasteiger partial charge in [-0.05, 0) is 98.4 Å². The van der Waals surface area contributed by atoms with E-state index in [9.17, 15) is 0 Å². The van der Waals surface area contributed by atoms with Crippen molar-refractivity contribution in [2.24, 2.45) is 0 Å². The van der Waals surface area contributed by atoms with Crippen molar-refractivity contribution in [3.8, 4) is 22.3 Å². The summed E-state index contributed by atoms with van der Waals surface area (Å²) in [5.41, 5.74) is 17.1. The van der Waals surface area contributed by atoms with Gasteiger partial charge in [0.2, 0.25) is 0 Å². The standard InChI is InChI=1S/C52H42N2/c1-51(2)43-24-14-13-23-41(43)42-30-29-39(34-45(42)51)53(38-20-9-6-10-21-38)49-32-27-36-19-11-12-22-40(36)50(49)54-47-26-16-15-25-44(47)52(3,4)46-33-37(28-31-48(46)54)35-17-7-5-8-18-35/h5-34H,1-4H3. The Morgan fingerprint density at radius 2 is 1.04 bits per heavy atom. The Morgan fingerprint density at radius 1 is 0.407 bits per heavy atom. The number of hydrogen-bond acceptors (Lipinski definition) is 2. The predicted octanol–water partition coefficient (Wildman–Crippen LogP) is 14.4. The van der Waals surface area contributed by atoms with Crippen LogP contribution in [-0.2, 0) is 10.8 Å². The molecule has 2 nitrogen and oxygen atoms in total. The van der Waals surface area contributed by atoms with Gasteiger partial charge in [0.25, 0.3) is 0 Å². The van der Waals surface area contributed by atoms with Crippen LogP contribution in [0.2, 0.25) is 0 Å². The molecule has 260 valence electrons. The van der Waals surface area contributed by atoms with Crippen molar-refractivity contribution < 1.29 is 0 Å². The van der Waals surface area contributed by atoms with Gasteiger partial charge in [0, 0.05) is 27.6 Å². The number of rotatable bonds is 5. The molecule has 54 heavy (non-hydrogen) atoms. The molecule has 1 aliphatic heterocycles. The van der Waals surface area contributed by atoms with Crippen molar-refractivity contribution in [1.82, 2.24) is 0 Å². The molecule has 0 unspecified atom stereocenters. The van der Waals surface area contributed by atoms with Gasteiger partial charge in [0.05, 0.1) is 22.7 Å². The molecule has 8 aromatic rings. The summed E-state index contributed by atoms with van der Waals surface area (Å²) in [6.07, 6.45) is 0. The molecule has 2 aliphatic rings. The molecule has 1 aliphatic carbocycles. The third-order valence-electron chi connectivity index (χ3n) is 12.0. The Labute approximate surface area is 318 Å². The Balaban J connectivity index is 1.26. The molecule has 0 amide bonds. The number of nitrogens with zero attached hydrogens (tertiary/aromatic N) is 2. The van der Waals surface area contributed by atoms with E-state index in [-0.39, 0.29) is 10.8 Å². The van der Waals surface area contributed by atoms with Crippen LogP contribution in [0.5, 0.6) is 0 Å². The van der Waals surface area contributed by atoms with Gasteiger partial charge in [-0.1, -0.05) is 161 Å². The van der Waals surface area contributed by atoms with Crippen LogP contribution in [0.4, 0.5) is 34.1 Å². The van der Waals surface area contributed by atoms with E-state index in [1.54, 1.807) is 0 Å². The van der Waals surface area contributed by atoms with Crippen molar-refractivity contribution in [3.63, 3.8) is 0 Å². The summed E-state index contributed by atoms with van der Waals surface area (Å²) in [4.78, 5) is 5.02. The summed E-state index contributed by atoms with van der Waals surface area (Å²) in [6.45, 7) is 9.48. The zero-order valence-electron chi connectivity index (χ0n) is 31.2. The molecule has 0 N–H and O–H groups in total. The first-order valence-electron chi connectivity index (χ1n) is 19.0. The Kier molecular flexibility index (Phi) is 7.22. The van der Waals surface area contributed by atoms with Crippen LogP contribution in [0, 0.1) is 0 Å². The zero-order valence-corrected chi connectivity index (χ0v) is 31.2. The number of para-hydroxylation sites is 2. The minimum Gasteiger partial charge on any atom is -0.308 e. The first-order valence-corrected chi connectivity index (χ1v) is 19.0. The highest BCUT2D eigenvalue weighted by atomic mass is 15.2. The molecule has 0 atom stereocenters. The lowest BCUT2D eigenvalue weighted by Crippen LogP contribution is -2.31. The second kappa shape index (κ2) is 12.1. The molecule has 0 aromatic heterocycles. The first kappa shape index (κ1) is 32.3. The average molecular weight is 695 g/mol. The molecule has 8 aromatic carbocycles. The highest BCUT2D eigenvalue weighted by Gasteiger charge is 2.40. The van der Waals surface area contributed by atoms with Crippen molar-refractivity contribution in [2.45, 2.75) is 38.5 Å². The molecule has 10 rings (SSSR count). The van der Waals surface area contributed by atoms with Crippen molar-refractivity contribution in [1.29, 1.82) is 0 Å². The quantitative estimate of drug-likeness (QED) is 0.177. The van der Waals surface area contributed by atoms with Gasteiger partial charge in [-0.3, -0.25) is 0 Å². The van der Waals surface area contributed by atoms with Gasteiger partial charge in [-0.2, -0.15) is 0 Å². The SMILES string of the molecule is CC1(C)c2ccccc2-c2ccc(N(c3ccccc3)c3ccc4ccccc4c3N3c4ccccc4C(C)(C)c4cc(-c5ccccc5)ccc43)cc21.